The fourth-order valence-electron chi connectivity index (χ4n) is 1.61. The van der Waals surface area contributed by atoms with Crippen molar-refractivity contribution >= 4 is 5.69 Å². The third-order valence-electron chi connectivity index (χ3n) is 2.42. The topological polar surface area (TPSA) is 36.4 Å². The highest BCUT2D eigenvalue weighted by Crippen LogP contribution is 2.25. The molecule has 82 valence electrons. The molecule has 1 aromatic heterocycles. The number of pyridine rings is 1. The van der Waals surface area contributed by atoms with Gasteiger partial charge >= 0.3 is 0 Å². The first-order valence-electron chi connectivity index (χ1n) is 5.16. The first kappa shape index (κ1) is 10.5. The second-order valence-corrected chi connectivity index (χ2v) is 3.67. The molecule has 1 N–H and O–H groups in total. The van der Waals surface area contributed by atoms with E-state index >= 15 is 0 Å². The van der Waals surface area contributed by atoms with Crippen LogP contribution in [0.4, 0.5) is 5.69 Å². The Morgan fingerprint density at radius 2 is 1.88 bits per heavy atom. The van der Waals surface area contributed by atoms with Crippen LogP contribution in [0.25, 0.3) is 0 Å². The molecule has 0 saturated carbocycles. The van der Waals surface area contributed by atoms with E-state index in [1.54, 1.807) is 12.3 Å². The van der Waals surface area contributed by atoms with Crippen molar-refractivity contribution in [2.45, 2.75) is 6.54 Å². The van der Waals surface area contributed by atoms with Crippen molar-refractivity contribution in [3.8, 4) is 5.75 Å². The lowest BCUT2D eigenvalue weighted by atomic mass is 10.2. The van der Waals surface area contributed by atoms with Crippen molar-refractivity contribution in [3.05, 3.63) is 54.4 Å². The molecule has 16 heavy (non-hydrogen) atoms. The second-order valence-electron chi connectivity index (χ2n) is 3.67. The molecule has 2 rings (SSSR count). The Balaban J connectivity index is 2.15. The number of nitrogens with zero attached hydrogens (tertiary/aromatic N) is 2. The van der Waals surface area contributed by atoms with Gasteiger partial charge in [0.05, 0.1) is 17.9 Å². The first-order chi connectivity index (χ1) is 7.77. The largest absolute Gasteiger partial charge is 0.506 e. The van der Waals surface area contributed by atoms with Crippen LogP contribution in [-0.4, -0.2) is 17.1 Å². The first-order valence-corrected chi connectivity index (χ1v) is 5.16. The van der Waals surface area contributed by atoms with Gasteiger partial charge in [-0.15, -0.1) is 0 Å². The molecule has 3 nitrogen and oxygen atoms in total. The van der Waals surface area contributed by atoms with Crippen LogP contribution in [0, 0.1) is 0 Å². The summed E-state index contributed by atoms with van der Waals surface area (Å²) in [5.41, 5.74) is 1.79. The summed E-state index contributed by atoms with van der Waals surface area (Å²) in [5.74, 6) is 0.293. The zero-order valence-corrected chi connectivity index (χ0v) is 9.17. The van der Waals surface area contributed by atoms with Crippen molar-refractivity contribution in [1.29, 1.82) is 0 Å². The summed E-state index contributed by atoms with van der Waals surface area (Å²) in [4.78, 5) is 6.22. The van der Waals surface area contributed by atoms with Gasteiger partial charge < -0.3 is 10.0 Å². The molecule has 2 aromatic rings. The van der Waals surface area contributed by atoms with Gasteiger partial charge in [-0.1, -0.05) is 18.2 Å². The number of aromatic hydroxyl groups is 1. The van der Waals surface area contributed by atoms with E-state index in [1.165, 1.54) is 0 Å². The van der Waals surface area contributed by atoms with E-state index < -0.39 is 0 Å². The van der Waals surface area contributed by atoms with Crippen molar-refractivity contribution in [2.24, 2.45) is 0 Å². The van der Waals surface area contributed by atoms with Gasteiger partial charge in [-0.25, -0.2) is 0 Å². The van der Waals surface area contributed by atoms with Crippen LogP contribution in [0.15, 0.2) is 48.7 Å². The van der Waals surface area contributed by atoms with Crippen molar-refractivity contribution in [3.63, 3.8) is 0 Å². The van der Waals surface area contributed by atoms with Crippen LogP contribution in [-0.2, 0) is 6.54 Å². The van der Waals surface area contributed by atoms with E-state index in [0.717, 1.165) is 11.4 Å². The van der Waals surface area contributed by atoms with Gasteiger partial charge in [0.15, 0.2) is 0 Å². The van der Waals surface area contributed by atoms with Gasteiger partial charge in [-0.2, -0.15) is 0 Å². The van der Waals surface area contributed by atoms with Gasteiger partial charge in [-0.05, 0) is 24.3 Å². The number of rotatable bonds is 3. The lowest BCUT2D eigenvalue weighted by molar-refractivity contribution is 0.474. The van der Waals surface area contributed by atoms with Crippen LogP contribution in [0.5, 0.6) is 5.75 Å². The number of anilines is 1. The number of benzene rings is 1. The maximum atomic E-state index is 9.70. The highest BCUT2D eigenvalue weighted by Gasteiger charge is 2.06. The molecule has 0 amide bonds. The monoisotopic (exact) mass is 214 g/mol. The summed E-state index contributed by atoms with van der Waals surface area (Å²) in [6, 6.07) is 13.1. The third kappa shape index (κ3) is 2.31. The molecule has 3 heteroatoms. The standard InChI is InChI=1S/C13H14N2O/c1-15(10-11-6-4-5-9-14-11)12-7-2-3-8-13(12)16/h2-9,16H,10H2,1H3. The number of hydrogen-bond donors (Lipinski definition) is 1. The summed E-state index contributed by atoms with van der Waals surface area (Å²) in [7, 11) is 1.93. The van der Waals surface area contributed by atoms with Gasteiger partial charge in [0, 0.05) is 13.2 Å². The van der Waals surface area contributed by atoms with Gasteiger partial charge in [0.2, 0.25) is 0 Å². The van der Waals surface area contributed by atoms with Gasteiger partial charge in [-0.3, -0.25) is 4.98 Å². The average molecular weight is 214 g/mol. The highest BCUT2D eigenvalue weighted by molar-refractivity contribution is 5.56. The Morgan fingerprint density at radius 3 is 2.56 bits per heavy atom. The van der Waals surface area contributed by atoms with Crippen molar-refractivity contribution in [2.75, 3.05) is 11.9 Å². The molecule has 1 heterocycles. The third-order valence-corrected chi connectivity index (χ3v) is 2.42. The maximum absolute atomic E-state index is 9.70. The predicted molar refractivity (Wildman–Crippen MR) is 64.5 cm³/mol. The Morgan fingerprint density at radius 1 is 1.12 bits per heavy atom. The van der Waals surface area contributed by atoms with Crippen LogP contribution in [0.1, 0.15) is 5.69 Å². The van der Waals surface area contributed by atoms with Crippen LogP contribution < -0.4 is 4.90 Å². The van der Waals surface area contributed by atoms with Gasteiger partial charge in [0.1, 0.15) is 5.75 Å². The highest BCUT2D eigenvalue weighted by atomic mass is 16.3. The van der Waals surface area contributed by atoms with Crippen molar-refractivity contribution < 1.29 is 5.11 Å². The van der Waals surface area contributed by atoms with Crippen LogP contribution in [0.2, 0.25) is 0 Å². The lowest BCUT2D eigenvalue weighted by Gasteiger charge is -2.19. The average Bonchev–Trinajstić information content (AvgIpc) is 2.31. The molecule has 0 spiro atoms. The molecule has 0 unspecified atom stereocenters. The number of hydrogen-bond acceptors (Lipinski definition) is 3. The van der Waals surface area contributed by atoms with E-state index in [0.29, 0.717) is 12.3 Å². The summed E-state index contributed by atoms with van der Waals surface area (Å²) in [5, 5.41) is 9.70. The molecule has 0 aliphatic rings. The number of aromatic nitrogens is 1. The summed E-state index contributed by atoms with van der Waals surface area (Å²) in [6.45, 7) is 0.679. The fraction of sp³-hybridized carbons (Fsp3) is 0.154. The number of para-hydroxylation sites is 2. The number of phenolic OH excluding ortho intramolecular Hbond substituents is 1. The minimum atomic E-state index is 0.293. The molecule has 0 saturated heterocycles. The Kier molecular flexibility index (Phi) is 3.05. The van der Waals surface area contributed by atoms with Crippen LogP contribution >= 0.6 is 0 Å². The van der Waals surface area contributed by atoms with E-state index in [4.69, 9.17) is 0 Å². The molecule has 0 radical (unpaired) electrons. The van der Waals surface area contributed by atoms with Crippen molar-refractivity contribution in [1.82, 2.24) is 4.98 Å². The second kappa shape index (κ2) is 4.66. The summed E-state index contributed by atoms with van der Waals surface area (Å²) in [6.07, 6.45) is 1.77. The van der Waals surface area contributed by atoms with E-state index in [-0.39, 0.29) is 0 Å². The Bertz CT molecular complexity index is 456. The molecule has 0 aliphatic carbocycles. The molecule has 0 aliphatic heterocycles. The molecule has 1 aromatic carbocycles. The fourth-order valence-corrected chi connectivity index (χ4v) is 1.61. The smallest absolute Gasteiger partial charge is 0.138 e. The molecular weight excluding hydrogens is 200 g/mol. The SMILES string of the molecule is CN(Cc1ccccn1)c1ccccc1O. The molecular formula is C13H14N2O. The predicted octanol–water partition coefficient (Wildman–Crippen LogP) is 2.42. The van der Waals surface area contributed by atoms with Crippen LogP contribution in [0.3, 0.4) is 0 Å². The minimum absolute atomic E-state index is 0.293. The maximum Gasteiger partial charge on any atom is 0.138 e. The summed E-state index contributed by atoms with van der Waals surface area (Å²) >= 11 is 0. The normalized spacial score (nSPS) is 10.1. The Hall–Kier alpha value is -2.03. The summed E-state index contributed by atoms with van der Waals surface area (Å²) < 4.78 is 0. The quantitative estimate of drug-likeness (QED) is 0.852. The number of phenols is 1. The molecule has 0 bridgehead atoms. The van der Waals surface area contributed by atoms with Gasteiger partial charge in [0.25, 0.3) is 0 Å². The zero-order chi connectivity index (χ0) is 11.4. The van der Waals surface area contributed by atoms with E-state index in [1.807, 2.05) is 48.3 Å². The van der Waals surface area contributed by atoms with E-state index in [2.05, 4.69) is 4.98 Å². The van der Waals surface area contributed by atoms with E-state index in [9.17, 15) is 5.11 Å². The zero-order valence-electron chi connectivity index (χ0n) is 9.17. The molecule has 0 fully saturated rings. The molecule has 0 atom stereocenters. The Labute approximate surface area is 95.0 Å². The lowest BCUT2D eigenvalue weighted by Crippen LogP contribution is -2.17. The minimum Gasteiger partial charge on any atom is -0.506 e.